The van der Waals surface area contributed by atoms with Crippen LogP contribution < -0.4 is 14.8 Å². The fourth-order valence-electron chi connectivity index (χ4n) is 2.72. The topological polar surface area (TPSA) is 84.9 Å². The maximum atomic E-state index is 13.3. The van der Waals surface area contributed by atoms with Gasteiger partial charge in [0.1, 0.15) is 0 Å². The third kappa shape index (κ3) is 5.95. The van der Waals surface area contributed by atoms with E-state index in [0.717, 1.165) is 12.0 Å². The highest BCUT2D eigenvalue weighted by molar-refractivity contribution is 7.89. The first-order valence-electron chi connectivity index (χ1n) is 9.37. The average molecular weight is 421 g/mol. The summed E-state index contributed by atoms with van der Waals surface area (Å²) in [5.74, 6) is 0.382. The number of benzene rings is 2. The summed E-state index contributed by atoms with van der Waals surface area (Å²) in [4.78, 5) is 12.5. The number of hydrogen-bond acceptors (Lipinski definition) is 5. The maximum absolute atomic E-state index is 13.3. The van der Waals surface area contributed by atoms with Crippen LogP contribution in [0.4, 0.5) is 0 Å². The summed E-state index contributed by atoms with van der Waals surface area (Å²) in [5.41, 5.74) is 0.785. The van der Waals surface area contributed by atoms with Crippen molar-refractivity contribution in [2.75, 3.05) is 20.8 Å². The SMILES string of the molecule is CCC(C)NC(=O)CN(Cc1ccccc1)S(=O)(=O)c1ccc(OC)c(OC)c1. The van der Waals surface area contributed by atoms with Gasteiger partial charge >= 0.3 is 0 Å². The molecule has 0 saturated carbocycles. The molecule has 0 saturated heterocycles. The molecule has 1 N–H and O–H groups in total. The summed E-state index contributed by atoms with van der Waals surface area (Å²) in [7, 11) is -1.04. The van der Waals surface area contributed by atoms with Gasteiger partial charge in [0.15, 0.2) is 11.5 Å². The zero-order valence-corrected chi connectivity index (χ0v) is 18.0. The summed E-state index contributed by atoms with van der Waals surface area (Å²) < 4.78 is 38.3. The van der Waals surface area contributed by atoms with Gasteiger partial charge in [0, 0.05) is 18.7 Å². The van der Waals surface area contributed by atoms with Gasteiger partial charge in [0.2, 0.25) is 15.9 Å². The molecule has 0 bridgehead atoms. The third-order valence-corrected chi connectivity index (χ3v) is 6.32. The molecule has 2 rings (SSSR count). The van der Waals surface area contributed by atoms with E-state index in [-0.39, 0.29) is 29.9 Å². The molecule has 0 heterocycles. The highest BCUT2D eigenvalue weighted by atomic mass is 32.2. The smallest absolute Gasteiger partial charge is 0.243 e. The van der Waals surface area contributed by atoms with Crippen molar-refractivity contribution in [3.63, 3.8) is 0 Å². The van der Waals surface area contributed by atoms with E-state index >= 15 is 0 Å². The maximum Gasteiger partial charge on any atom is 0.243 e. The van der Waals surface area contributed by atoms with Crippen molar-refractivity contribution < 1.29 is 22.7 Å². The first-order valence-corrected chi connectivity index (χ1v) is 10.8. The van der Waals surface area contributed by atoms with Crippen molar-refractivity contribution in [1.82, 2.24) is 9.62 Å². The van der Waals surface area contributed by atoms with Gasteiger partial charge in [-0.1, -0.05) is 37.3 Å². The number of amides is 1. The van der Waals surface area contributed by atoms with Crippen molar-refractivity contribution in [1.29, 1.82) is 0 Å². The second-order valence-electron chi connectivity index (χ2n) is 6.65. The molecular weight excluding hydrogens is 392 g/mol. The van der Waals surface area contributed by atoms with Crippen LogP contribution in [-0.2, 0) is 21.4 Å². The summed E-state index contributed by atoms with van der Waals surface area (Å²) in [6.07, 6.45) is 0.757. The van der Waals surface area contributed by atoms with Gasteiger partial charge in [0.05, 0.1) is 25.7 Å². The van der Waals surface area contributed by atoms with Crippen LogP contribution >= 0.6 is 0 Å². The molecule has 0 aromatic heterocycles. The Bertz CT molecular complexity index is 916. The summed E-state index contributed by atoms with van der Waals surface area (Å²) in [6.45, 7) is 3.62. The zero-order chi connectivity index (χ0) is 21.4. The second kappa shape index (κ2) is 10.3. The quantitative estimate of drug-likeness (QED) is 0.639. The van der Waals surface area contributed by atoms with Gasteiger partial charge in [0.25, 0.3) is 0 Å². The minimum atomic E-state index is -3.96. The average Bonchev–Trinajstić information content (AvgIpc) is 2.73. The molecule has 1 atom stereocenters. The van der Waals surface area contributed by atoms with Crippen LogP contribution in [0, 0.1) is 0 Å². The van der Waals surface area contributed by atoms with Crippen molar-refractivity contribution in [3.05, 3.63) is 54.1 Å². The lowest BCUT2D eigenvalue weighted by Gasteiger charge is -2.23. The van der Waals surface area contributed by atoms with E-state index in [9.17, 15) is 13.2 Å². The van der Waals surface area contributed by atoms with Crippen molar-refractivity contribution in [2.45, 2.75) is 37.8 Å². The van der Waals surface area contributed by atoms with Crippen LogP contribution in [0.1, 0.15) is 25.8 Å². The molecule has 158 valence electrons. The monoisotopic (exact) mass is 420 g/mol. The lowest BCUT2D eigenvalue weighted by molar-refractivity contribution is -0.122. The molecule has 0 spiro atoms. The van der Waals surface area contributed by atoms with E-state index in [0.29, 0.717) is 11.5 Å². The Morgan fingerprint density at radius 3 is 2.31 bits per heavy atom. The largest absolute Gasteiger partial charge is 0.493 e. The zero-order valence-electron chi connectivity index (χ0n) is 17.2. The molecule has 0 radical (unpaired) electrons. The molecule has 0 aliphatic heterocycles. The molecule has 0 aliphatic rings. The highest BCUT2D eigenvalue weighted by Crippen LogP contribution is 2.31. The second-order valence-corrected chi connectivity index (χ2v) is 8.59. The van der Waals surface area contributed by atoms with Gasteiger partial charge in [-0.15, -0.1) is 0 Å². The van der Waals surface area contributed by atoms with Gasteiger partial charge in [-0.05, 0) is 31.0 Å². The fourth-order valence-corrected chi connectivity index (χ4v) is 4.12. The number of carbonyl (C=O) groups excluding carboxylic acids is 1. The number of methoxy groups -OCH3 is 2. The summed E-state index contributed by atoms with van der Waals surface area (Å²) in [6, 6.07) is 13.5. The summed E-state index contributed by atoms with van der Waals surface area (Å²) in [5, 5.41) is 2.82. The molecule has 0 aliphatic carbocycles. The molecule has 29 heavy (non-hydrogen) atoms. The van der Waals surface area contributed by atoms with Crippen LogP contribution in [0.3, 0.4) is 0 Å². The molecule has 2 aromatic carbocycles. The number of ether oxygens (including phenoxy) is 2. The Balaban J connectivity index is 2.38. The standard InChI is InChI=1S/C21H28N2O5S/c1-5-16(2)22-21(24)15-23(14-17-9-7-6-8-10-17)29(25,26)18-11-12-19(27-3)20(13-18)28-4/h6-13,16H,5,14-15H2,1-4H3,(H,22,24). The predicted octanol–water partition coefficient (Wildman–Crippen LogP) is 2.81. The first-order chi connectivity index (χ1) is 13.8. The first kappa shape index (κ1) is 22.7. The molecule has 0 fully saturated rings. The van der Waals surface area contributed by atoms with Crippen molar-refractivity contribution in [2.24, 2.45) is 0 Å². The van der Waals surface area contributed by atoms with Gasteiger partial charge in [-0.25, -0.2) is 8.42 Å². The Hall–Kier alpha value is -2.58. The van der Waals surface area contributed by atoms with Crippen LogP contribution in [0.2, 0.25) is 0 Å². The normalized spacial score (nSPS) is 12.4. The molecule has 8 heteroatoms. The lowest BCUT2D eigenvalue weighted by atomic mass is 10.2. The molecule has 1 amide bonds. The molecule has 2 aromatic rings. The molecular formula is C21H28N2O5S. The number of hydrogen-bond donors (Lipinski definition) is 1. The fraction of sp³-hybridized carbons (Fsp3) is 0.381. The summed E-state index contributed by atoms with van der Waals surface area (Å²) >= 11 is 0. The van der Waals surface area contributed by atoms with E-state index < -0.39 is 10.0 Å². The van der Waals surface area contributed by atoms with Crippen LogP contribution in [0.25, 0.3) is 0 Å². The van der Waals surface area contributed by atoms with E-state index in [4.69, 9.17) is 9.47 Å². The number of nitrogens with zero attached hydrogens (tertiary/aromatic N) is 1. The van der Waals surface area contributed by atoms with Crippen molar-refractivity contribution >= 4 is 15.9 Å². The Labute approximate surface area is 172 Å². The minimum Gasteiger partial charge on any atom is -0.493 e. The minimum absolute atomic E-state index is 0.0300. The Morgan fingerprint density at radius 1 is 1.07 bits per heavy atom. The number of sulfonamides is 1. The molecule has 1 unspecified atom stereocenters. The molecule has 7 nitrogen and oxygen atoms in total. The van der Waals surface area contributed by atoms with E-state index in [2.05, 4.69) is 5.32 Å². The van der Waals surface area contributed by atoms with Gasteiger partial charge in [-0.3, -0.25) is 4.79 Å². The van der Waals surface area contributed by atoms with Gasteiger partial charge in [-0.2, -0.15) is 4.31 Å². The van der Waals surface area contributed by atoms with E-state index in [1.165, 1.54) is 36.7 Å². The number of carbonyl (C=O) groups is 1. The van der Waals surface area contributed by atoms with Crippen LogP contribution in [0.15, 0.2) is 53.4 Å². The highest BCUT2D eigenvalue weighted by Gasteiger charge is 2.28. The van der Waals surface area contributed by atoms with E-state index in [1.54, 1.807) is 0 Å². The van der Waals surface area contributed by atoms with Crippen molar-refractivity contribution in [3.8, 4) is 11.5 Å². The van der Waals surface area contributed by atoms with Gasteiger partial charge < -0.3 is 14.8 Å². The lowest BCUT2D eigenvalue weighted by Crippen LogP contribution is -2.43. The predicted molar refractivity (Wildman–Crippen MR) is 111 cm³/mol. The Kier molecular flexibility index (Phi) is 8.04. The Morgan fingerprint density at radius 2 is 1.72 bits per heavy atom. The number of nitrogens with one attached hydrogen (secondary N) is 1. The van der Waals surface area contributed by atoms with Crippen LogP contribution in [-0.4, -0.2) is 45.4 Å². The van der Waals surface area contributed by atoms with E-state index in [1.807, 2.05) is 44.2 Å². The third-order valence-electron chi connectivity index (χ3n) is 4.53. The van der Waals surface area contributed by atoms with Crippen LogP contribution in [0.5, 0.6) is 11.5 Å². The number of rotatable bonds is 10.